The smallest absolute Gasteiger partial charge is 0.303 e. The molecular formula is C14H30O10. The first kappa shape index (κ1) is 27.5. The summed E-state index contributed by atoms with van der Waals surface area (Å²) in [7, 11) is 0. The third-order valence-electron chi connectivity index (χ3n) is 1.97. The van der Waals surface area contributed by atoms with E-state index in [1.165, 1.54) is 0 Å². The van der Waals surface area contributed by atoms with Crippen molar-refractivity contribution in [2.24, 2.45) is 0 Å². The average molecular weight is 358 g/mol. The first-order valence-corrected chi connectivity index (χ1v) is 7.48. The molecule has 0 rings (SSSR count). The Bertz CT molecular complexity index is 226. The van der Waals surface area contributed by atoms with Crippen LogP contribution in [0.2, 0.25) is 0 Å². The molecule has 0 saturated carbocycles. The summed E-state index contributed by atoms with van der Waals surface area (Å²) >= 11 is 0. The predicted molar refractivity (Wildman–Crippen MR) is 83.7 cm³/mol. The van der Waals surface area contributed by atoms with Crippen LogP contribution in [0.5, 0.6) is 0 Å². The number of aliphatic carboxylic acids is 2. The molecule has 0 aliphatic heterocycles. The number of aliphatic hydroxyl groups excluding tert-OH is 4. The zero-order chi connectivity index (χ0) is 19.1. The standard InChI is InChI=1S/C6H10O4.2C4H10O3/c7-5(8)3-1-2-4-6(9)10;2*5-1-3-7-4-2-6/h1-4H2,(H,7,8)(H,9,10);2*5-6H,1-4H2. The van der Waals surface area contributed by atoms with Crippen LogP contribution in [-0.2, 0) is 19.1 Å². The summed E-state index contributed by atoms with van der Waals surface area (Å²) in [6.45, 7) is 1.39. The van der Waals surface area contributed by atoms with Crippen LogP contribution >= 0.6 is 0 Å². The molecule has 0 radical (unpaired) electrons. The van der Waals surface area contributed by atoms with Gasteiger partial charge in [-0.15, -0.1) is 0 Å². The second-order valence-corrected chi connectivity index (χ2v) is 4.11. The van der Waals surface area contributed by atoms with Crippen molar-refractivity contribution in [3.05, 3.63) is 0 Å². The highest BCUT2D eigenvalue weighted by atomic mass is 16.5. The van der Waals surface area contributed by atoms with Crippen LogP contribution in [-0.4, -0.2) is 95.4 Å². The van der Waals surface area contributed by atoms with Crippen molar-refractivity contribution in [1.82, 2.24) is 0 Å². The Morgan fingerprint density at radius 2 is 0.833 bits per heavy atom. The van der Waals surface area contributed by atoms with E-state index < -0.39 is 11.9 Å². The zero-order valence-electron chi connectivity index (χ0n) is 13.8. The minimum Gasteiger partial charge on any atom is -0.481 e. The van der Waals surface area contributed by atoms with Gasteiger partial charge in [-0.25, -0.2) is 0 Å². The number of unbranched alkanes of at least 4 members (excludes halogenated alkanes) is 1. The second-order valence-electron chi connectivity index (χ2n) is 4.11. The minimum atomic E-state index is -0.870. The normalized spacial score (nSPS) is 9.33. The van der Waals surface area contributed by atoms with Gasteiger partial charge in [0.2, 0.25) is 0 Å². The highest BCUT2D eigenvalue weighted by molar-refractivity contribution is 5.67. The van der Waals surface area contributed by atoms with Gasteiger partial charge in [-0.1, -0.05) is 0 Å². The van der Waals surface area contributed by atoms with Crippen LogP contribution in [0.3, 0.4) is 0 Å². The first-order valence-electron chi connectivity index (χ1n) is 7.48. The topological polar surface area (TPSA) is 174 Å². The SMILES string of the molecule is O=C(O)CCCCC(=O)O.OCCOCCO.OCCOCCO. The van der Waals surface area contributed by atoms with Gasteiger partial charge in [-0.2, -0.15) is 0 Å². The number of carbonyl (C=O) groups is 2. The lowest BCUT2D eigenvalue weighted by Gasteiger charge is -1.94. The third-order valence-corrected chi connectivity index (χ3v) is 1.97. The summed E-state index contributed by atoms with van der Waals surface area (Å²) in [5, 5.41) is 48.6. The second kappa shape index (κ2) is 26.6. The van der Waals surface area contributed by atoms with E-state index in [2.05, 4.69) is 9.47 Å². The summed E-state index contributed by atoms with van der Waals surface area (Å²) in [5.41, 5.74) is 0. The molecule has 0 saturated heterocycles. The highest BCUT2D eigenvalue weighted by Gasteiger charge is 1.99. The van der Waals surface area contributed by atoms with Gasteiger partial charge in [0.05, 0.1) is 52.9 Å². The van der Waals surface area contributed by atoms with Crippen molar-refractivity contribution < 1.29 is 49.7 Å². The molecule has 0 bridgehead atoms. The Hall–Kier alpha value is -1.30. The van der Waals surface area contributed by atoms with Crippen molar-refractivity contribution >= 4 is 11.9 Å². The summed E-state index contributed by atoms with van der Waals surface area (Å²) in [6.07, 6.45) is 1.02. The van der Waals surface area contributed by atoms with Crippen LogP contribution in [0.4, 0.5) is 0 Å². The number of rotatable bonds is 13. The molecule has 0 aromatic carbocycles. The van der Waals surface area contributed by atoms with E-state index in [4.69, 9.17) is 30.6 Å². The van der Waals surface area contributed by atoms with E-state index >= 15 is 0 Å². The number of ether oxygens (including phenoxy) is 2. The zero-order valence-corrected chi connectivity index (χ0v) is 13.8. The van der Waals surface area contributed by atoms with Gasteiger partial charge >= 0.3 is 11.9 Å². The van der Waals surface area contributed by atoms with E-state index in [1.54, 1.807) is 0 Å². The van der Waals surface area contributed by atoms with E-state index in [0.717, 1.165) is 0 Å². The average Bonchev–Trinajstić information content (AvgIpc) is 2.54. The number of carboxylic acid groups (broad SMARTS) is 2. The van der Waals surface area contributed by atoms with Crippen LogP contribution in [0.25, 0.3) is 0 Å². The van der Waals surface area contributed by atoms with Crippen LogP contribution < -0.4 is 0 Å². The van der Waals surface area contributed by atoms with Crippen LogP contribution in [0.15, 0.2) is 0 Å². The fraction of sp³-hybridized carbons (Fsp3) is 0.857. The Morgan fingerprint density at radius 3 is 1.00 bits per heavy atom. The molecule has 0 fully saturated rings. The lowest BCUT2D eigenvalue weighted by Crippen LogP contribution is -2.03. The van der Waals surface area contributed by atoms with Gasteiger partial charge in [0.1, 0.15) is 0 Å². The molecule has 0 heterocycles. The largest absolute Gasteiger partial charge is 0.481 e. The van der Waals surface area contributed by atoms with Crippen LogP contribution in [0, 0.1) is 0 Å². The Balaban J connectivity index is -0.000000283. The quantitative estimate of drug-likeness (QED) is 0.217. The van der Waals surface area contributed by atoms with E-state index in [-0.39, 0.29) is 39.3 Å². The van der Waals surface area contributed by atoms with Crippen molar-refractivity contribution in [3.63, 3.8) is 0 Å². The fourth-order valence-electron chi connectivity index (χ4n) is 1.01. The van der Waals surface area contributed by atoms with Gasteiger partial charge < -0.3 is 40.1 Å². The maximum Gasteiger partial charge on any atom is 0.303 e. The molecule has 10 nitrogen and oxygen atoms in total. The van der Waals surface area contributed by atoms with E-state index in [1.807, 2.05) is 0 Å². The molecule has 0 aliphatic carbocycles. The lowest BCUT2D eigenvalue weighted by molar-refractivity contribution is -0.139. The molecule has 0 aromatic heterocycles. The van der Waals surface area contributed by atoms with Crippen molar-refractivity contribution in [3.8, 4) is 0 Å². The molecule has 0 amide bonds. The summed E-state index contributed by atoms with van der Waals surface area (Å²) < 4.78 is 9.26. The van der Waals surface area contributed by atoms with E-state index in [9.17, 15) is 9.59 Å². The molecular weight excluding hydrogens is 328 g/mol. The Labute approximate surface area is 141 Å². The third kappa shape index (κ3) is 42.8. The van der Waals surface area contributed by atoms with Gasteiger partial charge in [0, 0.05) is 12.8 Å². The van der Waals surface area contributed by atoms with Gasteiger partial charge in [-0.05, 0) is 12.8 Å². The number of carboxylic acids is 2. The van der Waals surface area contributed by atoms with Crippen molar-refractivity contribution in [2.45, 2.75) is 25.7 Å². The Morgan fingerprint density at radius 1 is 0.583 bits per heavy atom. The highest BCUT2D eigenvalue weighted by Crippen LogP contribution is 1.98. The van der Waals surface area contributed by atoms with Crippen LogP contribution in [0.1, 0.15) is 25.7 Å². The molecule has 6 N–H and O–H groups in total. The fourth-order valence-corrected chi connectivity index (χ4v) is 1.01. The first-order chi connectivity index (χ1) is 11.5. The maximum atomic E-state index is 9.90. The molecule has 0 aromatic rings. The summed E-state index contributed by atoms with van der Waals surface area (Å²) in [4.78, 5) is 19.8. The van der Waals surface area contributed by atoms with Gasteiger partial charge in [0.25, 0.3) is 0 Å². The predicted octanol–water partition coefficient (Wildman–Crippen LogP) is -1.31. The minimum absolute atomic E-state index is 0.0278. The number of hydrogen-bond acceptors (Lipinski definition) is 8. The van der Waals surface area contributed by atoms with Crippen molar-refractivity contribution in [1.29, 1.82) is 0 Å². The van der Waals surface area contributed by atoms with Crippen molar-refractivity contribution in [2.75, 3.05) is 52.9 Å². The monoisotopic (exact) mass is 358 g/mol. The number of aliphatic hydroxyl groups is 4. The van der Waals surface area contributed by atoms with E-state index in [0.29, 0.717) is 39.3 Å². The lowest BCUT2D eigenvalue weighted by atomic mass is 10.2. The molecule has 0 spiro atoms. The summed E-state index contributed by atoms with van der Waals surface area (Å²) in [6, 6.07) is 0. The molecule has 0 atom stereocenters. The maximum absolute atomic E-state index is 9.90. The summed E-state index contributed by atoms with van der Waals surface area (Å²) in [5.74, 6) is -1.74. The van der Waals surface area contributed by atoms with Gasteiger partial charge in [0.15, 0.2) is 0 Å². The molecule has 0 aliphatic rings. The molecule has 24 heavy (non-hydrogen) atoms. The van der Waals surface area contributed by atoms with Gasteiger partial charge in [-0.3, -0.25) is 9.59 Å². The molecule has 0 unspecified atom stereocenters. The molecule has 146 valence electrons. The Kier molecular flexibility index (Phi) is 30.5. The number of hydrogen-bond donors (Lipinski definition) is 6. The molecule has 10 heteroatoms.